The molecule has 1 aliphatic carbocycles. The molecule has 47 heavy (non-hydrogen) atoms. The van der Waals surface area contributed by atoms with Gasteiger partial charge >= 0.3 is 0 Å². The number of nitrogens with zero attached hydrogens (tertiary/aromatic N) is 2. The van der Waals surface area contributed by atoms with E-state index in [0.717, 1.165) is 74.8 Å². The number of fused-ring (bicyclic) bond motifs is 1. The first-order chi connectivity index (χ1) is 22.5. The van der Waals surface area contributed by atoms with Gasteiger partial charge in [-0.05, 0) is 98.2 Å². The van der Waals surface area contributed by atoms with Gasteiger partial charge in [0.1, 0.15) is 16.7 Å². The van der Waals surface area contributed by atoms with Crippen LogP contribution in [-0.4, -0.2) is 78.3 Å². The molecular formula is C36H52ClN3O6S. The van der Waals surface area contributed by atoms with E-state index < -0.39 is 23.0 Å². The van der Waals surface area contributed by atoms with E-state index >= 15 is 0 Å². The lowest BCUT2D eigenvalue weighted by molar-refractivity contribution is -0.128. The molecule has 2 N–H and O–H groups in total. The average Bonchev–Trinajstić information content (AvgIpc) is 3.22. The molecule has 260 valence electrons. The highest BCUT2D eigenvalue weighted by atomic mass is 35.5. The van der Waals surface area contributed by atoms with Gasteiger partial charge < -0.3 is 24.4 Å². The van der Waals surface area contributed by atoms with E-state index in [0.29, 0.717) is 30.1 Å². The van der Waals surface area contributed by atoms with Crippen LogP contribution in [0.3, 0.4) is 0 Å². The third-order valence-corrected chi connectivity index (χ3v) is 10.4. The van der Waals surface area contributed by atoms with Crippen molar-refractivity contribution in [1.29, 1.82) is 0 Å². The molecule has 0 bridgehead atoms. The van der Waals surface area contributed by atoms with E-state index in [9.17, 15) is 18.9 Å². The molecule has 6 unspecified atom stereocenters. The number of hydrogen-bond donors (Lipinski definition) is 2. The van der Waals surface area contributed by atoms with Crippen molar-refractivity contribution >= 4 is 40.1 Å². The van der Waals surface area contributed by atoms with Crippen molar-refractivity contribution < 1.29 is 28.4 Å². The topological polar surface area (TPSA) is 108 Å². The zero-order valence-corrected chi connectivity index (χ0v) is 30.1. The van der Waals surface area contributed by atoms with Gasteiger partial charge in [0.2, 0.25) is 5.91 Å². The Balaban J connectivity index is 0.000000644. The highest BCUT2D eigenvalue weighted by Gasteiger charge is 2.40. The first-order valence-electron chi connectivity index (χ1n) is 17.0. The van der Waals surface area contributed by atoms with Crippen molar-refractivity contribution in [3.05, 3.63) is 58.1 Å². The third-order valence-electron chi connectivity index (χ3n) is 9.71. The number of hydrogen-bond acceptors (Lipinski definition) is 7. The van der Waals surface area contributed by atoms with E-state index in [2.05, 4.69) is 28.7 Å². The van der Waals surface area contributed by atoms with Gasteiger partial charge in [-0.3, -0.25) is 14.3 Å². The second kappa shape index (κ2) is 17.7. The molecule has 0 radical (unpaired) electrons. The molecule has 6 atom stereocenters. The average molecular weight is 690 g/mol. The Morgan fingerprint density at radius 2 is 1.94 bits per heavy atom. The quantitative estimate of drug-likeness (QED) is 0.325. The minimum absolute atomic E-state index is 0.127. The van der Waals surface area contributed by atoms with E-state index in [1.54, 1.807) is 24.9 Å². The number of carbonyl (C=O) groups is 2. The number of rotatable bonds is 10. The molecule has 5 rings (SSSR count). The van der Waals surface area contributed by atoms with E-state index in [4.69, 9.17) is 21.1 Å². The van der Waals surface area contributed by atoms with E-state index in [1.807, 2.05) is 25.1 Å². The predicted molar refractivity (Wildman–Crippen MR) is 188 cm³/mol. The number of carbonyl (C=O) groups excluding carboxylic acids is 2. The SMILES string of the molecule is CCCc1cc(Cl)ccc1C1COc2ccc(C(O)C(=O)NS(C)=O)cc2N(CC2CCC2C2CCCCO2)C1.CCN(C)C(C)=O. The number of ether oxygens (including phenoxy) is 2. The summed E-state index contributed by atoms with van der Waals surface area (Å²) in [6.07, 6.45) is 8.15. The summed E-state index contributed by atoms with van der Waals surface area (Å²) in [5, 5.41) is 11.5. The van der Waals surface area contributed by atoms with Gasteiger partial charge in [0, 0.05) is 57.4 Å². The van der Waals surface area contributed by atoms with Gasteiger partial charge in [-0.15, -0.1) is 0 Å². The second-order valence-electron chi connectivity index (χ2n) is 13.0. The number of aryl methyl sites for hydroxylation is 1. The Bertz CT molecular complexity index is 1390. The first-order valence-corrected chi connectivity index (χ1v) is 18.9. The van der Waals surface area contributed by atoms with E-state index in [1.165, 1.54) is 30.2 Å². The van der Waals surface area contributed by atoms with Gasteiger partial charge in [-0.25, -0.2) is 4.21 Å². The number of halogens is 1. The molecule has 0 aromatic heterocycles. The normalized spacial score (nSPS) is 23.4. The molecule has 1 saturated carbocycles. The van der Waals surface area contributed by atoms with Crippen LogP contribution in [-0.2, 0) is 31.7 Å². The van der Waals surface area contributed by atoms with Crippen LogP contribution in [0.2, 0.25) is 5.02 Å². The Hall–Kier alpha value is -2.66. The maximum absolute atomic E-state index is 12.5. The summed E-state index contributed by atoms with van der Waals surface area (Å²) in [6.45, 7) is 9.49. The highest BCUT2D eigenvalue weighted by Crippen LogP contribution is 2.44. The summed E-state index contributed by atoms with van der Waals surface area (Å²) < 4.78 is 26.4. The molecule has 2 amide bonds. The van der Waals surface area contributed by atoms with Crippen LogP contribution in [0.1, 0.15) is 88.0 Å². The van der Waals surface area contributed by atoms with Gasteiger partial charge in [0.15, 0.2) is 6.10 Å². The lowest BCUT2D eigenvalue weighted by Crippen LogP contribution is -2.45. The standard InChI is InChI=1S/C31H41ClN2O5S.C5H11NO/c1-3-6-20-15-24(32)10-12-25(20)23-18-34(17-22-8-11-26(22)28-7-4-5-14-38-28)27-16-21(9-13-29(27)39-19-23)30(35)31(36)33-40(2)37;1-4-6(3)5(2)7/h9-10,12-13,15-16,22-23,26,28,30,35H,3-8,11,14,17-19H2,1-2H3,(H,33,36);4H2,1-3H3. The fraction of sp³-hybridized carbons (Fsp3) is 0.611. The molecule has 0 spiro atoms. The maximum atomic E-state index is 12.5. The predicted octanol–water partition coefficient (Wildman–Crippen LogP) is 5.80. The number of anilines is 1. The van der Waals surface area contributed by atoms with Gasteiger partial charge in [0.25, 0.3) is 5.91 Å². The highest BCUT2D eigenvalue weighted by molar-refractivity contribution is 7.82. The zero-order valence-electron chi connectivity index (χ0n) is 28.5. The van der Waals surface area contributed by atoms with Crippen LogP contribution in [0, 0.1) is 11.8 Å². The van der Waals surface area contributed by atoms with Gasteiger partial charge in [0.05, 0.1) is 18.4 Å². The zero-order chi connectivity index (χ0) is 34.1. The van der Waals surface area contributed by atoms with Crippen molar-refractivity contribution in [3.8, 4) is 5.75 Å². The molecule has 11 heteroatoms. The molecule has 9 nitrogen and oxygen atoms in total. The molecular weight excluding hydrogens is 638 g/mol. The summed E-state index contributed by atoms with van der Waals surface area (Å²) in [5.74, 6) is 1.38. The Kier molecular flexibility index (Phi) is 14.0. The molecule has 1 saturated heterocycles. The summed E-state index contributed by atoms with van der Waals surface area (Å²) >= 11 is 6.39. The van der Waals surface area contributed by atoms with Crippen molar-refractivity contribution in [3.63, 3.8) is 0 Å². The molecule has 2 aliphatic heterocycles. The summed E-state index contributed by atoms with van der Waals surface area (Å²) in [6, 6.07) is 11.6. The van der Waals surface area contributed by atoms with Gasteiger partial charge in [-0.2, -0.15) is 0 Å². The minimum atomic E-state index is -1.56. The number of aliphatic hydroxyl groups excluding tert-OH is 1. The van der Waals surface area contributed by atoms with Crippen LogP contribution in [0.4, 0.5) is 5.69 Å². The Labute approximate surface area is 287 Å². The number of aliphatic hydroxyl groups is 1. The number of amides is 2. The summed E-state index contributed by atoms with van der Waals surface area (Å²) in [7, 11) is 0.222. The first kappa shape index (κ1) is 37.2. The minimum Gasteiger partial charge on any atom is -0.491 e. The van der Waals surface area contributed by atoms with Crippen molar-refractivity contribution in [2.75, 3.05) is 51.1 Å². The number of benzene rings is 2. The van der Waals surface area contributed by atoms with Crippen LogP contribution < -0.4 is 14.4 Å². The molecule has 2 heterocycles. The van der Waals surface area contributed by atoms with Crippen LogP contribution in [0.15, 0.2) is 36.4 Å². The van der Waals surface area contributed by atoms with Crippen LogP contribution >= 0.6 is 11.6 Å². The smallest absolute Gasteiger partial charge is 0.265 e. The Morgan fingerprint density at radius 1 is 1.15 bits per heavy atom. The van der Waals surface area contributed by atoms with Crippen molar-refractivity contribution in [1.82, 2.24) is 9.62 Å². The monoisotopic (exact) mass is 689 g/mol. The fourth-order valence-electron chi connectivity index (χ4n) is 6.77. The molecule has 3 aliphatic rings. The molecule has 2 aromatic rings. The van der Waals surface area contributed by atoms with Crippen LogP contribution in [0.5, 0.6) is 5.75 Å². The lowest BCUT2D eigenvalue weighted by Gasteiger charge is -2.45. The maximum Gasteiger partial charge on any atom is 0.265 e. The molecule has 2 aromatic carbocycles. The fourth-order valence-corrected chi connectivity index (χ4v) is 7.36. The molecule has 2 fully saturated rings. The lowest BCUT2D eigenvalue weighted by atomic mass is 9.69. The van der Waals surface area contributed by atoms with E-state index in [-0.39, 0.29) is 11.8 Å². The summed E-state index contributed by atoms with van der Waals surface area (Å²) in [4.78, 5) is 26.8. The third kappa shape index (κ3) is 9.94. The van der Waals surface area contributed by atoms with Crippen molar-refractivity contribution in [2.45, 2.75) is 83.8 Å². The largest absolute Gasteiger partial charge is 0.491 e. The second-order valence-corrected chi connectivity index (χ2v) is 14.5. The summed E-state index contributed by atoms with van der Waals surface area (Å²) in [5.41, 5.74) is 3.85. The van der Waals surface area contributed by atoms with Crippen LogP contribution in [0.25, 0.3) is 0 Å². The number of nitrogens with one attached hydrogen (secondary N) is 1. The van der Waals surface area contributed by atoms with Gasteiger partial charge in [-0.1, -0.05) is 37.1 Å². The van der Waals surface area contributed by atoms with Crippen molar-refractivity contribution in [2.24, 2.45) is 11.8 Å². The Morgan fingerprint density at radius 3 is 2.53 bits per heavy atom.